The van der Waals surface area contributed by atoms with Crippen molar-refractivity contribution in [3.8, 4) is 5.75 Å². The van der Waals surface area contributed by atoms with Crippen LogP contribution in [-0.4, -0.2) is 35.4 Å². The molecule has 3 aromatic rings. The Kier molecular flexibility index (Phi) is 9.37. The van der Waals surface area contributed by atoms with Crippen LogP contribution >= 0.6 is 23.2 Å². The van der Waals surface area contributed by atoms with E-state index in [4.69, 9.17) is 27.9 Å². The molecular formula is C27H28Cl2N2O3. The molecule has 0 unspecified atom stereocenters. The fraction of sp³-hybridized carbons (Fsp3) is 0.259. The number of nitrogens with zero attached hydrogens (tertiary/aromatic N) is 1. The van der Waals surface area contributed by atoms with Gasteiger partial charge in [0.1, 0.15) is 11.8 Å². The molecule has 3 aromatic carbocycles. The van der Waals surface area contributed by atoms with Gasteiger partial charge in [-0.2, -0.15) is 0 Å². The number of halogens is 2. The van der Waals surface area contributed by atoms with E-state index in [0.29, 0.717) is 22.2 Å². The number of ether oxygens (including phenoxy) is 1. The molecule has 0 bridgehead atoms. The number of rotatable bonds is 10. The third-order valence-corrected chi connectivity index (χ3v) is 5.57. The van der Waals surface area contributed by atoms with Crippen molar-refractivity contribution >= 4 is 35.0 Å². The minimum Gasteiger partial charge on any atom is -0.484 e. The number of nitrogens with one attached hydrogen (secondary N) is 1. The largest absolute Gasteiger partial charge is 0.484 e. The maximum absolute atomic E-state index is 13.5. The predicted molar refractivity (Wildman–Crippen MR) is 136 cm³/mol. The van der Waals surface area contributed by atoms with Crippen LogP contribution in [0.15, 0.2) is 78.9 Å². The first-order chi connectivity index (χ1) is 16.3. The highest BCUT2D eigenvalue weighted by atomic mass is 35.5. The molecule has 0 aromatic heterocycles. The van der Waals surface area contributed by atoms with E-state index in [0.717, 1.165) is 11.1 Å². The van der Waals surface area contributed by atoms with Gasteiger partial charge in [-0.25, -0.2) is 0 Å². The molecule has 34 heavy (non-hydrogen) atoms. The third-order valence-electron chi connectivity index (χ3n) is 5.10. The SMILES string of the molecule is CC(C)NC(=O)[C@H](Cc1ccccc1)N(Cc1cccc(Cl)c1)C(=O)COc1cccc(Cl)c1. The molecule has 7 heteroatoms. The molecule has 0 heterocycles. The highest BCUT2D eigenvalue weighted by molar-refractivity contribution is 6.30. The van der Waals surface area contributed by atoms with Gasteiger partial charge in [0.15, 0.2) is 6.61 Å². The van der Waals surface area contributed by atoms with Crippen molar-refractivity contribution < 1.29 is 14.3 Å². The summed E-state index contributed by atoms with van der Waals surface area (Å²) in [6, 6.07) is 22.9. The Hall–Kier alpha value is -3.02. The van der Waals surface area contributed by atoms with Crippen LogP contribution in [0.4, 0.5) is 0 Å². The Balaban J connectivity index is 1.91. The van der Waals surface area contributed by atoms with Gasteiger partial charge >= 0.3 is 0 Å². The summed E-state index contributed by atoms with van der Waals surface area (Å²) >= 11 is 12.2. The standard InChI is InChI=1S/C27H28Cl2N2O3/c1-19(2)30-27(33)25(15-20-8-4-3-5-9-20)31(17-21-10-6-11-22(28)14-21)26(32)18-34-24-13-7-12-23(29)16-24/h3-14,16,19,25H,15,17-18H2,1-2H3,(H,30,33)/t25-/m0/s1. The number of amides is 2. The molecule has 2 amide bonds. The Morgan fingerprint density at radius 1 is 0.882 bits per heavy atom. The zero-order valence-corrected chi connectivity index (χ0v) is 20.7. The van der Waals surface area contributed by atoms with Crippen molar-refractivity contribution in [1.82, 2.24) is 10.2 Å². The normalized spacial score (nSPS) is 11.7. The van der Waals surface area contributed by atoms with Crippen molar-refractivity contribution in [3.63, 3.8) is 0 Å². The smallest absolute Gasteiger partial charge is 0.261 e. The second-order valence-corrected chi connectivity index (χ2v) is 9.14. The van der Waals surface area contributed by atoms with Gasteiger partial charge in [-0.05, 0) is 55.3 Å². The van der Waals surface area contributed by atoms with Crippen LogP contribution in [0.25, 0.3) is 0 Å². The zero-order chi connectivity index (χ0) is 24.5. The average Bonchev–Trinajstić information content (AvgIpc) is 2.80. The summed E-state index contributed by atoms with van der Waals surface area (Å²) in [6.07, 6.45) is 0.364. The van der Waals surface area contributed by atoms with Crippen LogP contribution in [-0.2, 0) is 22.6 Å². The second-order valence-electron chi connectivity index (χ2n) is 8.27. The molecular weight excluding hydrogens is 471 g/mol. The average molecular weight is 499 g/mol. The van der Waals surface area contributed by atoms with Crippen LogP contribution in [0.2, 0.25) is 10.0 Å². The Labute approximate surface area is 210 Å². The van der Waals surface area contributed by atoms with Crippen LogP contribution in [0.1, 0.15) is 25.0 Å². The van der Waals surface area contributed by atoms with E-state index in [-0.39, 0.29) is 31.0 Å². The van der Waals surface area contributed by atoms with Gasteiger partial charge < -0.3 is 15.0 Å². The van der Waals surface area contributed by atoms with Crippen molar-refractivity contribution in [1.29, 1.82) is 0 Å². The summed E-state index contributed by atoms with van der Waals surface area (Å²) in [5.74, 6) is -0.0634. The number of carbonyl (C=O) groups excluding carboxylic acids is 2. The van der Waals surface area contributed by atoms with Gasteiger partial charge in [-0.3, -0.25) is 9.59 Å². The first-order valence-electron chi connectivity index (χ1n) is 11.1. The van der Waals surface area contributed by atoms with E-state index < -0.39 is 6.04 Å². The van der Waals surface area contributed by atoms with Gasteiger partial charge in [0.05, 0.1) is 0 Å². The maximum atomic E-state index is 13.5. The van der Waals surface area contributed by atoms with Crippen LogP contribution in [0, 0.1) is 0 Å². The van der Waals surface area contributed by atoms with Crippen molar-refractivity contribution in [3.05, 3.63) is 100 Å². The summed E-state index contributed by atoms with van der Waals surface area (Å²) in [5, 5.41) is 4.03. The summed E-state index contributed by atoms with van der Waals surface area (Å²) in [6.45, 7) is 3.76. The third kappa shape index (κ3) is 7.79. The number of carbonyl (C=O) groups is 2. The van der Waals surface area contributed by atoms with Gasteiger partial charge in [0, 0.05) is 29.1 Å². The molecule has 178 valence electrons. The lowest BCUT2D eigenvalue weighted by Gasteiger charge is -2.32. The summed E-state index contributed by atoms with van der Waals surface area (Å²) < 4.78 is 5.72. The molecule has 0 aliphatic carbocycles. The van der Waals surface area contributed by atoms with E-state index in [1.807, 2.05) is 56.3 Å². The summed E-state index contributed by atoms with van der Waals surface area (Å²) in [4.78, 5) is 28.3. The molecule has 3 rings (SSSR count). The number of hydrogen-bond acceptors (Lipinski definition) is 3. The van der Waals surface area contributed by atoms with E-state index >= 15 is 0 Å². The first-order valence-corrected chi connectivity index (χ1v) is 11.8. The van der Waals surface area contributed by atoms with Crippen molar-refractivity contribution in [2.24, 2.45) is 0 Å². The lowest BCUT2D eigenvalue weighted by Crippen LogP contribution is -2.52. The molecule has 1 N–H and O–H groups in total. The molecule has 1 atom stereocenters. The maximum Gasteiger partial charge on any atom is 0.261 e. The molecule has 0 fully saturated rings. The molecule has 0 aliphatic heterocycles. The predicted octanol–water partition coefficient (Wildman–Crippen LogP) is 5.54. The monoisotopic (exact) mass is 498 g/mol. The van der Waals surface area contributed by atoms with Crippen molar-refractivity contribution in [2.45, 2.75) is 38.9 Å². The van der Waals surface area contributed by atoms with Crippen LogP contribution in [0.5, 0.6) is 5.75 Å². The second kappa shape index (κ2) is 12.4. The van der Waals surface area contributed by atoms with Gasteiger partial charge in [-0.15, -0.1) is 0 Å². The molecule has 0 aliphatic rings. The first kappa shape index (κ1) is 25.6. The fourth-order valence-electron chi connectivity index (χ4n) is 3.55. The fourth-order valence-corrected chi connectivity index (χ4v) is 3.94. The minimum absolute atomic E-state index is 0.0726. The topological polar surface area (TPSA) is 58.6 Å². The minimum atomic E-state index is -0.737. The molecule has 0 saturated heterocycles. The summed E-state index contributed by atoms with van der Waals surface area (Å²) in [5.41, 5.74) is 1.77. The lowest BCUT2D eigenvalue weighted by atomic mass is 10.0. The highest BCUT2D eigenvalue weighted by Crippen LogP contribution is 2.20. The summed E-state index contributed by atoms with van der Waals surface area (Å²) in [7, 11) is 0. The number of benzene rings is 3. The lowest BCUT2D eigenvalue weighted by molar-refractivity contribution is -0.143. The van der Waals surface area contributed by atoms with E-state index in [2.05, 4.69) is 5.32 Å². The zero-order valence-electron chi connectivity index (χ0n) is 19.2. The molecule has 0 saturated carbocycles. The molecule has 0 spiro atoms. The van der Waals surface area contributed by atoms with Gasteiger partial charge in [0.25, 0.3) is 5.91 Å². The molecule has 0 radical (unpaired) electrons. The van der Waals surface area contributed by atoms with Crippen molar-refractivity contribution in [2.75, 3.05) is 6.61 Å². The quantitative estimate of drug-likeness (QED) is 0.399. The van der Waals surface area contributed by atoms with Gasteiger partial charge in [0.2, 0.25) is 5.91 Å². The molecule has 5 nitrogen and oxygen atoms in total. The number of hydrogen-bond donors (Lipinski definition) is 1. The van der Waals surface area contributed by atoms with E-state index in [1.54, 1.807) is 41.3 Å². The Morgan fingerprint density at radius 2 is 1.53 bits per heavy atom. The highest BCUT2D eigenvalue weighted by Gasteiger charge is 2.31. The van der Waals surface area contributed by atoms with E-state index in [1.165, 1.54) is 0 Å². The van der Waals surface area contributed by atoms with E-state index in [9.17, 15) is 9.59 Å². The van der Waals surface area contributed by atoms with Gasteiger partial charge in [-0.1, -0.05) is 71.7 Å². The Morgan fingerprint density at radius 3 is 2.18 bits per heavy atom. The van der Waals surface area contributed by atoms with Crippen LogP contribution < -0.4 is 10.1 Å². The Bertz CT molecular complexity index is 1110. The van der Waals surface area contributed by atoms with Crippen LogP contribution in [0.3, 0.4) is 0 Å².